The molecule has 0 heterocycles. The van der Waals surface area contributed by atoms with E-state index in [0.29, 0.717) is 11.3 Å². The fourth-order valence-corrected chi connectivity index (χ4v) is 2.42. The van der Waals surface area contributed by atoms with Crippen molar-refractivity contribution in [2.45, 2.75) is 25.6 Å². The molecule has 0 fully saturated rings. The zero-order valence-electron chi connectivity index (χ0n) is 15.0. The van der Waals surface area contributed by atoms with E-state index in [2.05, 4.69) is 5.32 Å². The number of amides is 1. The number of carbonyl (C=O) groups excluding carboxylic acids is 2. The molecule has 0 saturated carbocycles. The van der Waals surface area contributed by atoms with Crippen molar-refractivity contribution >= 4 is 29.8 Å². The summed E-state index contributed by atoms with van der Waals surface area (Å²) in [5.74, 6) is -0.205. The Hall–Kier alpha value is -2.58. The van der Waals surface area contributed by atoms with Gasteiger partial charge in [-0.3, -0.25) is 9.59 Å². The minimum absolute atomic E-state index is 0. The van der Waals surface area contributed by atoms with Crippen LogP contribution in [-0.2, 0) is 17.5 Å². The Morgan fingerprint density at radius 3 is 2.25 bits per heavy atom. The third-order valence-corrected chi connectivity index (χ3v) is 3.83. The molecule has 0 aliphatic heterocycles. The molecule has 9 heteroatoms. The first-order valence-corrected chi connectivity index (χ1v) is 8.11. The summed E-state index contributed by atoms with van der Waals surface area (Å²) in [6.07, 6.45) is -4.77. The van der Waals surface area contributed by atoms with E-state index in [9.17, 15) is 22.8 Å². The number of methoxy groups -OCH3 is 1. The van der Waals surface area contributed by atoms with Gasteiger partial charge < -0.3 is 15.8 Å². The van der Waals surface area contributed by atoms with Gasteiger partial charge in [0.05, 0.1) is 12.7 Å². The lowest BCUT2D eigenvalue weighted by Crippen LogP contribution is -2.15. The molecule has 2 aromatic rings. The van der Waals surface area contributed by atoms with E-state index >= 15 is 0 Å². The van der Waals surface area contributed by atoms with Crippen LogP contribution in [0.3, 0.4) is 0 Å². The first-order valence-electron chi connectivity index (χ1n) is 8.11. The molecule has 2 aromatic carbocycles. The molecule has 0 radical (unpaired) electrons. The Bertz CT molecular complexity index is 824. The monoisotopic (exact) mass is 416 g/mol. The van der Waals surface area contributed by atoms with Crippen molar-refractivity contribution in [1.29, 1.82) is 0 Å². The number of anilines is 1. The minimum Gasteiger partial charge on any atom is -0.497 e. The minimum atomic E-state index is -4.55. The molecule has 0 atom stereocenters. The van der Waals surface area contributed by atoms with E-state index in [1.165, 1.54) is 13.2 Å². The van der Waals surface area contributed by atoms with Gasteiger partial charge in [-0.05, 0) is 48.0 Å². The number of ether oxygens (including phenoxy) is 1. The van der Waals surface area contributed by atoms with E-state index < -0.39 is 17.6 Å². The molecular weight excluding hydrogens is 397 g/mol. The van der Waals surface area contributed by atoms with Crippen molar-refractivity contribution in [3.63, 3.8) is 0 Å². The lowest BCUT2D eigenvalue weighted by Gasteiger charge is -2.12. The van der Waals surface area contributed by atoms with Gasteiger partial charge in [-0.25, -0.2) is 0 Å². The summed E-state index contributed by atoms with van der Waals surface area (Å²) in [6, 6.07) is 9.57. The van der Waals surface area contributed by atoms with Crippen molar-refractivity contribution in [3.05, 3.63) is 59.2 Å². The molecule has 1 amide bonds. The molecule has 0 aliphatic carbocycles. The molecular formula is C19H20ClF3N2O3. The van der Waals surface area contributed by atoms with Gasteiger partial charge in [0.25, 0.3) is 0 Å². The van der Waals surface area contributed by atoms with Gasteiger partial charge >= 0.3 is 6.18 Å². The SMILES string of the molecule is COc1ccc(C(=O)CCC(=O)Nc2cc(CN)cc(C(F)(F)F)c2)cc1.Cl. The van der Waals surface area contributed by atoms with Crippen molar-refractivity contribution in [3.8, 4) is 5.75 Å². The number of benzene rings is 2. The maximum absolute atomic E-state index is 12.9. The molecule has 0 spiro atoms. The number of rotatable bonds is 7. The fourth-order valence-electron chi connectivity index (χ4n) is 2.42. The summed E-state index contributed by atoms with van der Waals surface area (Å²) in [7, 11) is 1.50. The Morgan fingerprint density at radius 2 is 1.71 bits per heavy atom. The summed E-state index contributed by atoms with van der Waals surface area (Å²) in [4.78, 5) is 24.1. The van der Waals surface area contributed by atoms with Crippen LogP contribution in [0.25, 0.3) is 0 Å². The second-order valence-corrected chi connectivity index (χ2v) is 5.82. The quantitative estimate of drug-likeness (QED) is 0.663. The average Bonchev–Trinajstić information content (AvgIpc) is 2.65. The van der Waals surface area contributed by atoms with Crippen molar-refractivity contribution < 1.29 is 27.5 Å². The Balaban J connectivity index is 0.00000392. The molecule has 152 valence electrons. The van der Waals surface area contributed by atoms with Gasteiger partial charge in [0.2, 0.25) is 5.91 Å². The van der Waals surface area contributed by atoms with Crippen LogP contribution in [0.2, 0.25) is 0 Å². The zero-order valence-corrected chi connectivity index (χ0v) is 15.8. The molecule has 5 nitrogen and oxygen atoms in total. The standard InChI is InChI=1S/C19H19F3N2O3.ClH/c1-27-16-4-2-13(3-5-16)17(25)6-7-18(26)24-15-9-12(11-23)8-14(10-15)19(20,21)22;/h2-5,8-10H,6-7,11,23H2,1H3,(H,24,26);1H. The summed E-state index contributed by atoms with van der Waals surface area (Å²) in [5, 5.41) is 2.39. The number of hydrogen-bond donors (Lipinski definition) is 2. The Kier molecular flexibility index (Phi) is 8.46. The number of nitrogens with two attached hydrogens (primary N) is 1. The number of Topliss-reactive ketones (excluding diaryl/α,β-unsaturated/α-hetero) is 1. The number of halogens is 4. The van der Waals surface area contributed by atoms with Gasteiger partial charge in [0, 0.05) is 30.6 Å². The van der Waals surface area contributed by atoms with Crippen LogP contribution in [0.5, 0.6) is 5.75 Å². The Labute approximate surface area is 166 Å². The molecule has 28 heavy (non-hydrogen) atoms. The van der Waals surface area contributed by atoms with Crippen LogP contribution in [0, 0.1) is 0 Å². The van der Waals surface area contributed by atoms with Gasteiger partial charge in [-0.1, -0.05) is 0 Å². The van der Waals surface area contributed by atoms with Crippen LogP contribution in [-0.4, -0.2) is 18.8 Å². The van der Waals surface area contributed by atoms with Crippen LogP contribution in [0.4, 0.5) is 18.9 Å². The highest BCUT2D eigenvalue weighted by Crippen LogP contribution is 2.32. The van der Waals surface area contributed by atoms with Gasteiger partial charge in [-0.2, -0.15) is 13.2 Å². The maximum Gasteiger partial charge on any atom is 0.416 e. The molecule has 0 aromatic heterocycles. The predicted octanol–water partition coefficient (Wildman–Crippen LogP) is 4.20. The lowest BCUT2D eigenvalue weighted by atomic mass is 10.1. The van der Waals surface area contributed by atoms with Crippen molar-refractivity contribution in [2.24, 2.45) is 5.73 Å². The number of carbonyl (C=O) groups is 2. The van der Waals surface area contributed by atoms with E-state index in [0.717, 1.165) is 12.1 Å². The molecule has 2 rings (SSSR count). The summed E-state index contributed by atoms with van der Waals surface area (Å²) in [5.41, 5.74) is 5.18. The number of alkyl halides is 3. The average molecular weight is 417 g/mol. The second kappa shape index (κ2) is 10.1. The first kappa shape index (κ1) is 23.5. The van der Waals surface area contributed by atoms with Crippen molar-refractivity contribution in [2.75, 3.05) is 12.4 Å². The predicted molar refractivity (Wildman–Crippen MR) is 102 cm³/mol. The van der Waals surface area contributed by atoms with E-state index in [1.54, 1.807) is 24.3 Å². The molecule has 0 saturated heterocycles. The maximum atomic E-state index is 12.9. The highest BCUT2D eigenvalue weighted by molar-refractivity contribution is 6.00. The zero-order chi connectivity index (χ0) is 20.0. The lowest BCUT2D eigenvalue weighted by molar-refractivity contribution is -0.137. The summed E-state index contributed by atoms with van der Waals surface area (Å²) >= 11 is 0. The van der Waals surface area contributed by atoms with Crippen LogP contribution in [0.15, 0.2) is 42.5 Å². The van der Waals surface area contributed by atoms with Gasteiger partial charge in [-0.15, -0.1) is 12.4 Å². The molecule has 0 bridgehead atoms. The number of nitrogens with one attached hydrogen (secondary N) is 1. The topological polar surface area (TPSA) is 81.4 Å². The Morgan fingerprint density at radius 1 is 1.07 bits per heavy atom. The third-order valence-electron chi connectivity index (χ3n) is 3.83. The van der Waals surface area contributed by atoms with Gasteiger partial charge in [0.15, 0.2) is 5.78 Å². The fraction of sp³-hybridized carbons (Fsp3) is 0.263. The number of ketones is 1. The van der Waals surface area contributed by atoms with E-state index in [-0.39, 0.29) is 48.8 Å². The molecule has 0 aliphatic rings. The highest BCUT2D eigenvalue weighted by Gasteiger charge is 2.31. The first-order chi connectivity index (χ1) is 12.7. The highest BCUT2D eigenvalue weighted by atomic mass is 35.5. The van der Waals surface area contributed by atoms with Crippen LogP contribution in [0.1, 0.15) is 34.3 Å². The van der Waals surface area contributed by atoms with Crippen LogP contribution >= 0.6 is 12.4 Å². The smallest absolute Gasteiger partial charge is 0.416 e. The summed E-state index contributed by atoms with van der Waals surface area (Å²) in [6.45, 7) is -0.0945. The van der Waals surface area contributed by atoms with Crippen LogP contribution < -0.4 is 15.8 Å². The normalized spacial score (nSPS) is 10.8. The van der Waals surface area contributed by atoms with E-state index in [4.69, 9.17) is 10.5 Å². The molecule has 0 unspecified atom stereocenters. The molecule has 3 N–H and O–H groups in total. The van der Waals surface area contributed by atoms with Gasteiger partial charge in [0.1, 0.15) is 5.75 Å². The largest absolute Gasteiger partial charge is 0.497 e. The van der Waals surface area contributed by atoms with E-state index in [1.807, 2.05) is 0 Å². The summed E-state index contributed by atoms with van der Waals surface area (Å²) < 4.78 is 43.7. The second-order valence-electron chi connectivity index (χ2n) is 5.82. The third kappa shape index (κ3) is 6.54. The number of hydrogen-bond acceptors (Lipinski definition) is 4. The van der Waals surface area contributed by atoms with Crippen molar-refractivity contribution in [1.82, 2.24) is 0 Å².